The molecule has 0 aliphatic rings. The molecule has 0 saturated heterocycles. The summed E-state index contributed by atoms with van der Waals surface area (Å²) in [6, 6.07) is 16.0. The fourth-order valence-electron chi connectivity index (χ4n) is 2.70. The van der Waals surface area contributed by atoms with Crippen LogP contribution in [-0.2, 0) is 6.54 Å². The minimum absolute atomic E-state index is 0.0154. The van der Waals surface area contributed by atoms with Gasteiger partial charge in [-0.2, -0.15) is 5.26 Å². The van der Waals surface area contributed by atoms with Gasteiger partial charge in [0.05, 0.1) is 29.3 Å². The van der Waals surface area contributed by atoms with Gasteiger partial charge in [-0.05, 0) is 36.4 Å². The van der Waals surface area contributed by atoms with Gasteiger partial charge in [0.1, 0.15) is 17.4 Å². The number of hydrogen-bond acceptors (Lipinski definition) is 7. The van der Waals surface area contributed by atoms with Crippen LogP contribution in [0.15, 0.2) is 60.9 Å². The van der Waals surface area contributed by atoms with Crippen molar-refractivity contribution < 1.29 is 5.11 Å². The minimum atomic E-state index is 0.0154. The molecule has 0 atom stereocenters. The summed E-state index contributed by atoms with van der Waals surface area (Å²) < 4.78 is 0. The Balaban J connectivity index is 1.80. The molecule has 4 aromatic rings. The zero-order chi connectivity index (χ0) is 18.6. The standard InChI is InChI=1S/C20H14N6O/c21-11-13-6-7-17(27)15(10-13)20-25-16-5-2-1-4-14(16)19(26-20)24-12-18-22-8-3-9-23-18/h1-10,27H,12H2,(H,24,25,26). The number of para-hydroxylation sites is 1. The van der Waals surface area contributed by atoms with Crippen LogP contribution in [0, 0.1) is 11.3 Å². The first kappa shape index (κ1) is 16.4. The number of phenolic OH excluding ortho intramolecular Hbond substituents is 1. The quantitative estimate of drug-likeness (QED) is 0.579. The molecule has 4 rings (SSSR count). The van der Waals surface area contributed by atoms with Crippen LogP contribution in [-0.4, -0.2) is 25.0 Å². The van der Waals surface area contributed by atoms with E-state index in [1.54, 1.807) is 30.6 Å². The number of phenols is 1. The van der Waals surface area contributed by atoms with Crippen molar-refractivity contribution in [3.8, 4) is 23.2 Å². The van der Waals surface area contributed by atoms with Crippen LogP contribution in [0.25, 0.3) is 22.3 Å². The first-order valence-corrected chi connectivity index (χ1v) is 8.24. The number of aromatic hydroxyl groups is 1. The summed E-state index contributed by atoms with van der Waals surface area (Å²) in [6.07, 6.45) is 3.36. The van der Waals surface area contributed by atoms with Gasteiger partial charge >= 0.3 is 0 Å². The summed E-state index contributed by atoms with van der Waals surface area (Å²) in [5.41, 5.74) is 1.55. The van der Waals surface area contributed by atoms with Crippen LogP contribution < -0.4 is 5.32 Å². The molecule has 0 aliphatic heterocycles. The zero-order valence-electron chi connectivity index (χ0n) is 14.2. The Kier molecular flexibility index (Phi) is 4.29. The Morgan fingerprint density at radius 1 is 1.00 bits per heavy atom. The normalized spacial score (nSPS) is 10.5. The monoisotopic (exact) mass is 354 g/mol. The molecule has 0 radical (unpaired) electrons. The first-order valence-electron chi connectivity index (χ1n) is 8.24. The molecule has 0 unspecified atom stereocenters. The van der Waals surface area contributed by atoms with Gasteiger partial charge in [0.15, 0.2) is 5.82 Å². The lowest BCUT2D eigenvalue weighted by Crippen LogP contribution is -2.07. The highest BCUT2D eigenvalue weighted by Gasteiger charge is 2.13. The third kappa shape index (κ3) is 3.37. The molecule has 130 valence electrons. The number of hydrogen-bond donors (Lipinski definition) is 2. The SMILES string of the molecule is N#Cc1ccc(O)c(-c2nc(NCc3ncccn3)c3ccccc3n2)c1. The van der Waals surface area contributed by atoms with Crippen molar-refractivity contribution in [2.24, 2.45) is 0 Å². The molecule has 2 heterocycles. The number of fused-ring (bicyclic) bond motifs is 1. The Labute approximate surface area is 155 Å². The molecule has 7 nitrogen and oxygen atoms in total. The van der Waals surface area contributed by atoms with Crippen molar-refractivity contribution >= 4 is 16.7 Å². The smallest absolute Gasteiger partial charge is 0.165 e. The topological polar surface area (TPSA) is 108 Å². The number of aromatic nitrogens is 4. The maximum Gasteiger partial charge on any atom is 0.165 e. The molecular formula is C20H14N6O. The predicted molar refractivity (Wildman–Crippen MR) is 101 cm³/mol. The van der Waals surface area contributed by atoms with Gasteiger partial charge in [-0.15, -0.1) is 0 Å². The zero-order valence-corrected chi connectivity index (χ0v) is 14.2. The fourth-order valence-corrected chi connectivity index (χ4v) is 2.70. The van der Waals surface area contributed by atoms with Crippen molar-refractivity contribution in [1.82, 2.24) is 19.9 Å². The van der Waals surface area contributed by atoms with Gasteiger partial charge in [-0.3, -0.25) is 0 Å². The van der Waals surface area contributed by atoms with E-state index in [1.807, 2.05) is 24.3 Å². The van der Waals surface area contributed by atoms with E-state index in [0.717, 1.165) is 10.9 Å². The van der Waals surface area contributed by atoms with Crippen molar-refractivity contribution in [2.45, 2.75) is 6.54 Å². The van der Waals surface area contributed by atoms with Crippen LogP contribution in [0.3, 0.4) is 0 Å². The molecule has 0 aliphatic carbocycles. The van der Waals surface area contributed by atoms with E-state index in [1.165, 1.54) is 6.07 Å². The van der Waals surface area contributed by atoms with Crippen molar-refractivity contribution in [3.63, 3.8) is 0 Å². The van der Waals surface area contributed by atoms with E-state index < -0.39 is 0 Å². The van der Waals surface area contributed by atoms with E-state index in [-0.39, 0.29) is 5.75 Å². The summed E-state index contributed by atoms with van der Waals surface area (Å²) in [5.74, 6) is 1.59. The Bertz CT molecular complexity index is 1150. The van der Waals surface area contributed by atoms with Gasteiger partial charge in [0, 0.05) is 17.8 Å². The van der Waals surface area contributed by atoms with Gasteiger partial charge in [-0.1, -0.05) is 12.1 Å². The number of nitriles is 1. The third-order valence-electron chi connectivity index (χ3n) is 4.00. The van der Waals surface area contributed by atoms with Gasteiger partial charge < -0.3 is 10.4 Å². The molecule has 0 spiro atoms. The number of benzene rings is 2. The van der Waals surface area contributed by atoms with E-state index in [2.05, 4.69) is 31.3 Å². The lowest BCUT2D eigenvalue weighted by Gasteiger charge is -2.11. The highest BCUT2D eigenvalue weighted by atomic mass is 16.3. The largest absolute Gasteiger partial charge is 0.507 e. The Morgan fingerprint density at radius 2 is 1.81 bits per heavy atom. The molecule has 2 N–H and O–H groups in total. The van der Waals surface area contributed by atoms with E-state index >= 15 is 0 Å². The Hall–Kier alpha value is -4.05. The lowest BCUT2D eigenvalue weighted by atomic mass is 10.1. The average molecular weight is 354 g/mol. The van der Waals surface area contributed by atoms with Gasteiger partial charge in [-0.25, -0.2) is 19.9 Å². The lowest BCUT2D eigenvalue weighted by molar-refractivity contribution is 0.477. The highest BCUT2D eigenvalue weighted by Crippen LogP contribution is 2.31. The molecule has 0 saturated carbocycles. The second-order valence-corrected chi connectivity index (χ2v) is 5.78. The minimum Gasteiger partial charge on any atom is -0.507 e. The van der Waals surface area contributed by atoms with Crippen molar-refractivity contribution in [2.75, 3.05) is 5.32 Å². The number of nitrogens with zero attached hydrogens (tertiary/aromatic N) is 5. The second kappa shape index (κ2) is 7.06. The highest BCUT2D eigenvalue weighted by molar-refractivity contribution is 5.90. The first-order chi connectivity index (χ1) is 13.2. The molecule has 0 bridgehead atoms. The second-order valence-electron chi connectivity index (χ2n) is 5.78. The summed E-state index contributed by atoms with van der Waals surface area (Å²) >= 11 is 0. The van der Waals surface area contributed by atoms with E-state index in [0.29, 0.717) is 35.1 Å². The van der Waals surface area contributed by atoms with Crippen LogP contribution >= 0.6 is 0 Å². The van der Waals surface area contributed by atoms with Crippen LogP contribution in [0.2, 0.25) is 0 Å². The summed E-state index contributed by atoms with van der Waals surface area (Å²) in [5, 5.41) is 23.4. The maximum atomic E-state index is 10.2. The molecule has 0 amide bonds. The number of rotatable bonds is 4. The summed E-state index contributed by atoms with van der Waals surface area (Å²) in [6.45, 7) is 0.394. The van der Waals surface area contributed by atoms with Gasteiger partial charge in [0.25, 0.3) is 0 Å². The number of anilines is 1. The summed E-state index contributed by atoms with van der Waals surface area (Å²) in [7, 11) is 0. The van der Waals surface area contributed by atoms with Crippen molar-refractivity contribution in [3.05, 3.63) is 72.3 Å². The van der Waals surface area contributed by atoms with Crippen LogP contribution in [0.1, 0.15) is 11.4 Å². The summed E-state index contributed by atoms with van der Waals surface area (Å²) in [4.78, 5) is 17.5. The van der Waals surface area contributed by atoms with Gasteiger partial charge in [0.2, 0.25) is 0 Å². The molecule has 27 heavy (non-hydrogen) atoms. The fraction of sp³-hybridized carbons (Fsp3) is 0.0500. The van der Waals surface area contributed by atoms with E-state index in [4.69, 9.17) is 5.26 Å². The van der Waals surface area contributed by atoms with E-state index in [9.17, 15) is 5.11 Å². The molecule has 2 aromatic carbocycles. The predicted octanol–water partition coefficient (Wildman–Crippen LogP) is 3.28. The average Bonchev–Trinajstić information content (AvgIpc) is 2.73. The maximum absolute atomic E-state index is 10.2. The molecule has 0 fully saturated rings. The van der Waals surface area contributed by atoms with Crippen LogP contribution in [0.5, 0.6) is 5.75 Å². The number of nitrogens with one attached hydrogen (secondary N) is 1. The molecule has 7 heteroatoms. The third-order valence-corrected chi connectivity index (χ3v) is 4.00. The molecular weight excluding hydrogens is 340 g/mol. The molecule has 2 aromatic heterocycles. The van der Waals surface area contributed by atoms with Crippen LogP contribution in [0.4, 0.5) is 5.82 Å². The van der Waals surface area contributed by atoms with Crippen molar-refractivity contribution in [1.29, 1.82) is 5.26 Å². The Morgan fingerprint density at radius 3 is 2.63 bits per heavy atom.